The average Bonchev–Trinajstić information content (AvgIpc) is 3.50. The standard InChI is InChI=1S/C26H26F5N3O/c27-25(28,29)22-18(11-14-34-21(15-17-5-6-17)32-33-23(22)34)8-7-16-9-12-24(13-10-16)19-3-1-2-4-20(19)26(30,31)35-24/h1-4,11,14,16-17H,5-10,12-13,15H2. The molecule has 2 fully saturated rings. The van der Waals surface area contributed by atoms with Crippen molar-refractivity contribution in [1.82, 2.24) is 14.6 Å². The van der Waals surface area contributed by atoms with Crippen LogP contribution in [0.2, 0.25) is 0 Å². The Morgan fingerprint density at radius 2 is 1.66 bits per heavy atom. The summed E-state index contributed by atoms with van der Waals surface area (Å²) in [6.07, 6.45) is -0.458. The third kappa shape index (κ3) is 4.01. The second-order valence-electron chi connectivity index (χ2n) is 10.3. The number of fused-ring (bicyclic) bond motifs is 3. The zero-order valence-corrected chi connectivity index (χ0v) is 19.1. The van der Waals surface area contributed by atoms with Crippen LogP contribution in [0.15, 0.2) is 36.5 Å². The molecule has 9 heteroatoms. The lowest BCUT2D eigenvalue weighted by molar-refractivity contribution is -0.297. The van der Waals surface area contributed by atoms with Crippen molar-refractivity contribution in [2.45, 2.75) is 75.7 Å². The fourth-order valence-electron chi connectivity index (χ4n) is 5.93. The molecule has 1 spiro atoms. The van der Waals surface area contributed by atoms with E-state index in [4.69, 9.17) is 4.74 Å². The lowest BCUT2D eigenvalue weighted by atomic mass is 9.73. The highest BCUT2D eigenvalue weighted by atomic mass is 19.4. The highest BCUT2D eigenvalue weighted by molar-refractivity contribution is 5.53. The number of rotatable bonds is 5. The Labute approximate surface area is 199 Å². The second-order valence-corrected chi connectivity index (χ2v) is 10.3. The first-order valence-electron chi connectivity index (χ1n) is 12.3. The van der Waals surface area contributed by atoms with Gasteiger partial charge in [0.05, 0.1) is 5.56 Å². The van der Waals surface area contributed by atoms with Gasteiger partial charge in [0.2, 0.25) is 0 Å². The van der Waals surface area contributed by atoms with Crippen LogP contribution >= 0.6 is 0 Å². The summed E-state index contributed by atoms with van der Waals surface area (Å²) in [6.45, 7) is 0. The van der Waals surface area contributed by atoms with Crippen molar-refractivity contribution in [2.75, 3.05) is 0 Å². The molecule has 1 aromatic carbocycles. The average molecular weight is 492 g/mol. The first kappa shape index (κ1) is 22.9. The number of halogens is 5. The fraction of sp³-hybridized carbons (Fsp3) is 0.538. The molecule has 3 aliphatic rings. The molecule has 1 aliphatic heterocycles. The van der Waals surface area contributed by atoms with Gasteiger partial charge in [0, 0.05) is 12.6 Å². The third-order valence-corrected chi connectivity index (χ3v) is 7.98. The summed E-state index contributed by atoms with van der Waals surface area (Å²) in [4.78, 5) is 0. The molecule has 3 aromatic rings. The molecule has 0 bridgehead atoms. The van der Waals surface area contributed by atoms with E-state index >= 15 is 0 Å². The number of alkyl halides is 5. The number of nitrogens with zero attached hydrogens (tertiary/aromatic N) is 3. The van der Waals surface area contributed by atoms with E-state index in [1.54, 1.807) is 24.4 Å². The van der Waals surface area contributed by atoms with Gasteiger partial charge in [0.25, 0.3) is 0 Å². The predicted molar refractivity (Wildman–Crippen MR) is 118 cm³/mol. The largest absolute Gasteiger partial charge is 0.420 e. The first-order valence-corrected chi connectivity index (χ1v) is 12.3. The highest BCUT2D eigenvalue weighted by Crippen LogP contribution is 2.56. The third-order valence-electron chi connectivity index (χ3n) is 7.98. The van der Waals surface area contributed by atoms with Crippen molar-refractivity contribution in [3.63, 3.8) is 0 Å². The summed E-state index contributed by atoms with van der Waals surface area (Å²) < 4.78 is 77.9. The molecule has 2 saturated carbocycles. The summed E-state index contributed by atoms with van der Waals surface area (Å²) in [5.41, 5.74) is -1.17. The van der Waals surface area contributed by atoms with Gasteiger partial charge in [-0.1, -0.05) is 18.2 Å². The summed E-state index contributed by atoms with van der Waals surface area (Å²) >= 11 is 0. The lowest BCUT2D eigenvalue weighted by Crippen LogP contribution is -2.33. The second kappa shape index (κ2) is 7.98. The van der Waals surface area contributed by atoms with Crippen LogP contribution in [0.1, 0.15) is 73.0 Å². The lowest BCUT2D eigenvalue weighted by Gasteiger charge is -2.37. The minimum absolute atomic E-state index is 0.0732. The number of ether oxygens (including phenoxy) is 1. The molecule has 35 heavy (non-hydrogen) atoms. The number of hydrogen-bond donors (Lipinski definition) is 0. The van der Waals surface area contributed by atoms with Crippen LogP contribution in [0, 0.1) is 11.8 Å². The van der Waals surface area contributed by atoms with E-state index in [0.29, 0.717) is 55.8 Å². The maximum atomic E-state index is 14.5. The van der Waals surface area contributed by atoms with Crippen LogP contribution < -0.4 is 0 Å². The van der Waals surface area contributed by atoms with E-state index in [0.717, 1.165) is 12.8 Å². The molecular weight excluding hydrogens is 465 g/mol. The Balaban J connectivity index is 1.18. The molecule has 2 aromatic heterocycles. The topological polar surface area (TPSA) is 39.4 Å². The molecule has 0 radical (unpaired) electrons. The van der Waals surface area contributed by atoms with Crippen molar-refractivity contribution in [3.8, 4) is 0 Å². The Bertz CT molecular complexity index is 1260. The summed E-state index contributed by atoms with van der Waals surface area (Å²) in [5, 5.41) is 7.96. The van der Waals surface area contributed by atoms with E-state index in [2.05, 4.69) is 10.2 Å². The van der Waals surface area contributed by atoms with Gasteiger partial charge in [-0.25, -0.2) is 0 Å². The molecule has 6 rings (SSSR count). The number of aromatic nitrogens is 3. The minimum atomic E-state index is -4.54. The Hall–Kier alpha value is -2.55. The Morgan fingerprint density at radius 3 is 2.34 bits per heavy atom. The van der Waals surface area contributed by atoms with Gasteiger partial charge in [-0.3, -0.25) is 4.40 Å². The zero-order valence-electron chi connectivity index (χ0n) is 19.1. The van der Waals surface area contributed by atoms with Crippen LogP contribution in [-0.2, 0) is 35.5 Å². The number of aryl methyl sites for hydroxylation is 1. The van der Waals surface area contributed by atoms with E-state index in [-0.39, 0.29) is 29.1 Å². The first-order chi connectivity index (χ1) is 16.7. The fourth-order valence-corrected chi connectivity index (χ4v) is 5.93. The van der Waals surface area contributed by atoms with Gasteiger partial charge in [-0.05, 0) is 86.5 Å². The van der Waals surface area contributed by atoms with Crippen molar-refractivity contribution in [3.05, 3.63) is 64.6 Å². The summed E-state index contributed by atoms with van der Waals surface area (Å²) in [6, 6.07) is 7.98. The van der Waals surface area contributed by atoms with Crippen LogP contribution in [0.3, 0.4) is 0 Å². The monoisotopic (exact) mass is 491 g/mol. The molecule has 0 atom stereocenters. The number of hydrogen-bond acceptors (Lipinski definition) is 3. The molecule has 2 aliphatic carbocycles. The van der Waals surface area contributed by atoms with Crippen molar-refractivity contribution in [1.29, 1.82) is 0 Å². The molecule has 4 nitrogen and oxygen atoms in total. The highest BCUT2D eigenvalue weighted by Gasteiger charge is 2.55. The maximum Gasteiger partial charge on any atom is 0.420 e. The molecule has 0 unspecified atom stereocenters. The van der Waals surface area contributed by atoms with Gasteiger partial charge >= 0.3 is 12.3 Å². The van der Waals surface area contributed by atoms with Crippen molar-refractivity contribution < 1.29 is 26.7 Å². The van der Waals surface area contributed by atoms with Crippen molar-refractivity contribution in [2.24, 2.45) is 11.8 Å². The molecular formula is C26H26F5N3O. The van der Waals surface area contributed by atoms with Gasteiger partial charge in [0.1, 0.15) is 17.0 Å². The molecule has 0 N–H and O–H groups in total. The Kier molecular flexibility index (Phi) is 5.22. The van der Waals surface area contributed by atoms with Crippen LogP contribution in [0.25, 0.3) is 5.65 Å². The maximum absolute atomic E-state index is 14.5. The van der Waals surface area contributed by atoms with Crippen molar-refractivity contribution >= 4 is 5.65 Å². The Morgan fingerprint density at radius 1 is 0.943 bits per heavy atom. The van der Waals surface area contributed by atoms with Crippen LogP contribution in [0.4, 0.5) is 22.0 Å². The number of pyridine rings is 1. The quantitative estimate of drug-likeness (QED) is 0.369. The van der Waals surface area contributed by atoms with Gasteiger partial charge in [0.15, 0.2) is 5.65 Å². The van der Waals surface area contributed by atoms with Crippen LogP contribution in [0.5, 0.6) is 0 Å². The minimum Gasteiger partial charge on any atom is -0.305 e. The smallest absolute Gasteiger partial charge is 0.305 e. The van der Waals surface area contributed by atoms with Gasteiger partial charge < -0.3 is 4.74 Å². The predicted octanol–water partition coefficient (Wildman–Crippen LogP) is 6.80. The van der Waals surface area contributed by atoms with E-state index in [1.165, 1.54) is 16.5 Å². The summed E-state index contributed by atoms with van der Waals surface area (Å²) in [7, 11) is 0. The van der Waals surface area contributed by atoms with E-state index in [9.17, 15) is 22.0 Å². The zero-order chi connectivity index (χ0) is 24.4. The van der Waals surface area contributed by atoms with Gasteiger partial charge in [-0.2, -0.15) is 22.0 Å². The number of benzene rings is 1. The van der Waals surface area contributed by atoms with E-state index in [1.807, 2.05) is 0 Å². The SMILES string of the molecule is FC(F)(F)c1c(CCC2CCC3(CC2)OC(F)(F)c2ccccc23)ccn2c(CC3CC3)nnc12. The normalized spacial score (nSPS) is 25.9. The van der Waals surface area contributed by atoms with Crippen LogP contribution in [-0.4, -0.2) is 14.6 Å². The molecule has 0 amide bonds. The molecule has 186 valence electrons. The molecule has 0 saturated heterocycles. The molecule has 3 heterocycles. The summed E-state index contributed by atoms with van der Waals surface area (Å²) in [5.74, 6) is 1.21. The van der Waals surface area contributed by atoms with E-state index < -0.39 is 23.4 Å². The van der Waals surface area contributed by atoms with Gasteiger partial charge in [-0.15, -0.1) is 10.2 Å².